The molecule has 2 heterocycles. The molecule has 0 saturated heterocycles. The summed E-state index contributed by atoms with van der Waals surface area (Å²) in [5, 5.41) is 7.64. The lowest BCUT2D eigenvalue weighted by Crippen LogP contribution is -2.32. The van der Waals surface area contributed by atoms with Gasteiger partial charge in [0.15, 0.2) is 17.5 Å². The Morgan fingerprint density at radius 2 is 2.10 bits per heavy atom. The van der Waals surface area contributed by atoms with Crippen molar-refractivity contribution in [2.75, 3.05) is 0 Å². The third-order valence-electron chi connectivity index (χ3n) is 4.91. The van der Waals surface area contributed by atoms with Crippen molar-refractivity contribution in [1.82, 2.24) is 20.4 Å². The van der Waals surface area contributed by atoms with Crippen LogP contribution in [0.2, 0.25) is 5.02 Å². The Hall–Kier alpha value is -2.67. The number of amides is 1. The molecule has 7 nitrogen and oxygen atoms in total. The van der Waals surface area contributed by atoms with Crippen LogP contribution in [-0.4, -0.2) is 21.0 Å². The van der Waals surface area contributed by atoms with Gasteiger partial charge in [-0.15, -0.1) is 0 Å². The molecule has 2 aromatic heterocycles. The summed E-state index contributed by atoms with van der Waals surface area (Å²) in [7, 11) is 0. The summed E-state index contributed by atoms with van der Waals surface area (Å²) in [4.78, 5) is 21.2. The lowest BCUT2D eigenvalue weighted by Gasteiger charge is -2.18. The predicted octanol–water partition coefficient (Wildman–Crippen LogP) is 4.70. The molecular weight excluding hydrogens is 392 g/mol. The number of halogens is 1. The highest BCUT2D eigenvalue weighted by Gasteiger charge is 2.31. The molecule has 1 amide bonds. The first-order chi connectivity index (χ1) is 14.0. The van der Waals surface area contributed by atoms with Gasteiger partial charge in [-0.25, -0.2) is 4.98 Å². The van der Waals surface area contributed by atoms with Crippen molar-refractivity contribution in [3.05, 3.63) is 53.1 Å². The van der Waals surface area contributed by atoms with Crippen molar-refractivity contribution in [3.8, 4) is 11.3 Å². The van der Waals surface area contributed by atoms with Crippen molar-refractivity contribution < 1.29 is 13.7 Å². The number of hydrogen-bond donors (Lipinski definition) is 1. The topological polar surface area (TPSA) is 94.1 Å². The smallest absolute Gasteiger partial charge is 0.249 e. The van der Waals surface area contributed by atoms with Gasteiger partial charge in [0.05, 0.1) is 11.2 Å². The molecule has 3 aromatic rings. The molecule has 1 fully saturated rings. The number of nitrogens with zero attached hydrogens (tertiary/aromatic N) is 3. The number of rotatable bonds is 8. The summed E-state index contributed by atoms with van der Waals surface area (Å²) in [6.07, 6.45) is 4.46. The molecule has 1 aliphatic carbocycles. The van der Waals surface area contributed by atoms with Gasteiger partial charge in [0.25, 0.3) is 0 Å². The Bertz CT molecular complexity index is 993. The molecule has 0 radical (unpaired) electrons. The maximum atomic E-state index is 12.5. The summed E-state index contributed by atoms with van der Waals surface area (Å²) in [6.45, 7) is 4.02. The van der Waals surface area contributed by atoms with Gasteiger partial charge >= 0.3 is 0 Å². The van der Waals surface area contributed by atoms with Crippen LogP contribution in [0, 0.1) is 5.92 Å². The maximum Gasteiger partial charge on any atom is 0.249 e. The Balaban J connectivity index is 1.35. The summed E-state index contributed by atoms with van der Waals surface area (Å²) in [5.74, 6) is 2.70. The highest BCUT2D eigenvalue weighted by Crippen LogP contribution is 2.38. The van der Waals surface area contributed by atoms with E-state index in [1.54, 1.807) is 12.3 Å². The zero-order valence-corrected chi connectivity index (χ0v) is 17.1. The molecule has 1 unspecified atom stereocenters. The van der Waals surface area contributed by atoms with Crippen LogP contribution in [0.25, 0.3) is 11.3 Å². The van der Waals surface area contributed by atoms with Crippen LogP contribution in [0.1, 0.15) is 62.7 Å². The van der Waals surface area contributed by atoms with E-state index in [4.69, 9.17) is 20.5 Å². The number of carbonyl (C=O) groups is 1. The molecule has 152 valence electrons. The molecule has 29 heavy (non-hydrogen) atoms. The van der Waals surface area contributed by atoms with E-state index in [1.165, 1.54) is 0 Å². The number of benzene rings is 1. The number of carbonyl (C=O) groups excluding carboxylic acids is 1. The summed E-state index contributed by atoms with van der Waals surface area (Å²) >= 11 is 6.19. The van der Waals surface area contributed by atoms with Crippen LogP contribution < -0.4 is 5.32 Å². The van der Waals surface area contributed by atoms with E-state index in [-0.39, 0.29) is 24.3 Å². The molecule has 1 atom stereocenters. The molecule has 1 aliphatic rings. The van der Waals surface area contributed by atoms with E-state index < -0.39 is 0 Å². The summed E-state index contributed by atoms with van der Waals surface area (Å²) in [5.41, 5.74) is 0.778. The van der Waals surface area contributed by atoms with Gasteiger partial charge in [-0.3, -0.25) is 4.79 Å². The van der Waals surface area contributed by atoms with Crippen LogP contribution in [0.15, 0.2) is 39.4 Å². The fourth-order valence-corrected chi connectivity index (χ4v) is 3.30. The van der Waals surface area contributed by atoms with Crippen molar-refractivity contribution in [2.45, 2.75) is 51.5 Å². The highest BCUT2D eigenvalue weighted by atomic mass is 35.5. The third kappa shape index (κ3) is 4.67. The zero-order valence-electron chi connectivity index (χ0n) is 16.4. The molecule has 8 heteroatoms. The van der Waals surface area contributed by atoms with Gasteiger partial charge in [0.2, 0.25) is 11.8 Å². The summed E-state index contributed by atoms with van der Waals surface area (Å²) in [6, 6.07) is 7.09. The number of aromatic nitrogens is 3. The number of aryl methyl sites for hydroxylation is 1. The van der Waals surface area contributed by atoms with Crippen molar-refractivity contribution in [3.63, 3.8) is 0 Å². The van der Waals surface area contributed by atoms with Crippen LogP contribution in [0.5, 0.6) is 0 Å². The van der Waals surface area contributed by atoms with Crippen LogP contribution >= 0.6 is 11.6 Å². The number of oxazole rings is 1. The molecule has 1 N–H and O–H groups in total. The van der Waals surface area contributed by atoms with Gasteiger partial charge in [-0.05, 0) is 30.9 Å². The minimum absolute atomic E-state index is 0.118. The SMILES string of the molecule is CC(C)C(NC(=O)CCc1ncc(-c2ccccc2Cl)o1)c1nc(C2CC2)no1. The Morgan fingerprint density at radius 3 is 2.83 bits per heavy atom. The lowest BCUT2D eigenvalue weighted by molar-refractivity contribution is -0.122. The molecular formula is C21H23ClN4O3. The highest BCUT2D eigenvalue weighted by molar-refractivity contribution is 6.33. The monoisotopic (exact) mass is 414 g/mol. The summed E-state index contributed by atoms with van der Waals surface area (Å²) < 4.78 is 11.2. The van der Waals surface area contributed by atoms with E-state index in [0.717, 1.165) is 24.2 Å². The minimum atomic E-state index is -0.314. The Labute approximate surface area is 173 Å². The molecule has 4 rings (SSSR count). The van der Waals surface area contributed by atoms with Crippen LogP contribution in [0.3, 0.4) is 0 Å². The first-order valence-electron chi connectivity index (χ1n) is 9.83. The fourth-order valence-electron chi connectivity index (χ4n) is 3.07. The van der Waals surface area contributed by atoms with E-state index in [2.05, 4.69) is 20.4 Å². The number of nitrogens with one attached hydrogen (secondary N) is 1. The largest absolute Gasteiger partial charge is 0.441 e. The molecule has 1 aromatic carbocycles. The quantitative estimate of drug-likeness (QED) is 0.574. The van der Waals surface area contributed by atoms with Gasteiger partial charge in [-0.2, -0.15) is 4.98 Å². The first-order valence-corrected chi connectivity index (χ1v) is 10.2. The Morgan fingerprint density at radius 1 is 1.31 bits per heavy atom. The molecule has 0 aliphatic heterocycles. The van der Waals surface area contributed by atoms with E-state index in [9.17, 15) is 4.79 Å². The second-order valence-corrected chi connectivity index (χ2v) is 8.06. The zero-order chi connectivity index (χ0) is 20.4. The van der Waals surface area contributed by atoms with Crippen molar-refractivity contribution in [1.29, 1.82) is 0 Å². The van der Waals surface area contributed by atoms with Crippen molar-refractivity contribution >= 4 is 17.5 Å². The van der Waals surface area contributed by atoms with E-state index in [0.29, 0.717) is 34.9 Å². The van der Waals surface area contributed by atoms with Gasteiger partial charge in [-0.1, -0.05) is 42.7 Å². The predicted molar refractivity (Wildman–Crippen MR) is 107 cm³/mol. The average Bonchev–Trinajstić information content (AvgIpc) is 3.25. The third-order valence-corrected chi connectivity index (χ3v) is 5.24. The van der Waals surface area contributed by atoms with Crippen LogP contribution in [-0.2, 0) is 11.2 Å². The standard InChI is InChI=1S/C21H23ClN4O3/c1-12(2)19(21-25-20(26-29-21)13-7-8-13)24-17(27)9-10-18-23-11-16(28-18)14-5-3-4-6-15(14)22/h3-6,11-13,19H,7-10H2,1-2H3,(H,24,27). The normalized spacial score (nSPS) is 14.9. The maximum absolute atomic E-state index is 12.5. The van der Waals surface area contributed by atoms with E-state index in [1.807, 2.05) is 32.0 Å². The lowest BCUT2D eigenvalue weighted by atomic mass is 10.0. The van der Waals surface area contributed by atoms with Gasteiger partial charge in [0.1, 0.15) is 6.04 Å². The van der Waals surface area contributed by atoms with Gasteiger partial charge in [0, 0.05) is 24.3 Å². The second-order valence-electron chi connectivity index (χ2n) is 7.65. The first kappa shape index (κ1) is 19.6. The average molecular weight is 415 g/mol. The fraction of sp³-hybridized carbons (Fsp3) is 0.429. The Kier molecular flexibility index (Phi) is 5.67. The van der Waals surface area contributed by atoms with Gasteiger partial charge < -0.3 is 14.3 Å². The number of hydrogen-bond acceptors (Lipinski definition) is 6. The van der Waals surface area contributed by atoms with E-state index >= 15 is 0 Å². The second kappa shape index (κ2) is 8.37. The minimum Gasteiger partial charge on any atom is -0.441 e. The molecule has 0 bridgehead atoms. The van der Waals surface area contributed by atoms with Crippen molar-refractivity contribution in [2.24, 2.45) is 5.92 Å². The molecule has 1 saturated carbocycles. The van der Waals surface area contributed by atoms with Crippen LogP contribution in [0.4, 0.5) is 0 Å². The molecule has 0 spiro atoms.